The first-order chi connectivity index (χ1) is 5.86. The van der Waals surface area contributed by atoms with Crippen molar-refractivity contribution in [2.45, 2.75) is 32.6 Å². The summed E-state index contributed by atoms with van der Waals surface area (Å²) in [7, 11) is 0. The van der Waals surface area contributed by atoms with Crippen LogP contribution in [0.2, 0.25) is 0 Å². The van der Waals surface area contributed by atoms with Gasteiger partial charge in [0.15, 0.2) is 0 Å². The third-order valence-electron chi connectivity index (χ3n) is 2.66. The number of piperidine rings is 1. The highest BCUT2D eigenvalue weighted by molar-refractivity contribution is 5.53. The van der Waals surface area contributed by atoms with E-state index in [9.17, 15) is 4.79 Å². The number of carbonyl (C=O) groups excluding carboxylic acids is 1. The van der Waals surface area contributed by atoms with E-state index in [1.165, 1.54) is 32.4 Å². The third-order valence-corrected chi connectivity index (χ3v) is 2.66. The molecule has 2 nitrogen and oxygen atoms in total. The molecule has 0 spiro atoms. The molecule has 0 aromatic heterocycles. The summed E-state index contributed by atoms with van der Waals surface area (Å²) >= 11 is 0. The first kappa shape index (κ1) is 9.72. The minimum absolute atomic E-state index is 0.267. The van der Waals surface area contributed by atoms with Gasteiger partial charge in [-0.3, -0.25) is 0 Å². The van der Waals surface area contributed by atoms with Crippen LogP contribution in [0.3, 0.4) is 0 Å². The third kappa shape index (κ3) is 2.94. The normalized spacial score (nSPS) is 22.1. The average Bonchev–Trinajstić information content (AvgIpc) is 2.16. The Bertz CT molecular complexity index is 130. The van der Waals surface area contributed by atoms with Crippen LogP contribution in [0.25, 0.3) is 0 Å². The van der Waals surface area contributed by atoms with Crippen LogP contribution in [0.15, 0.2) is 0 Å². The summed E-state index contributed by atoms with van der Waals surface area (Å²) in [5.74, 6) is 0.267. The Morgan fingerprint density at radius 2 is 2.00 bits per heavy atom. The standard InChI is InChI=1S/C10H19NO/c1-2-10(9-12)8-11-6-4-3-5-7-11/h9-10H,2-8H2,1H3. The van der Waals surface area contributed by atoms with E-state index in [0.29, 0.717) is 0 Å². The van der Waals surface area contributed by atoms with E-state index in [1.807, 2.05) is 0 Å². The van der Waals surface area contributed by atoms with Crippen molar-refractivity contribution < 1.29 is 4.79 Å². The van der Waals surface area contributed by atoms with Crippen LogP contribution in [0.5, 0.6) is 0 Å². The van der Waals surface area contributed by atoms with E-state index in [0.717, 1.165) is 19.3 Å². The molecule has 1 aliphatic rings. The first-order valence-electron chi connectivity index (χ1n) is 5.04. The number of likely N-dealkylation sites (tertiary alicyclic amines) is 1. The highest BCUT2D eigenvalue weighted by atomic mass is 16.1. The van der Waals surface area contributed by atoms with Gasteiger partial charge in [-0.2, -0.15) is 0 Å². The van der Waals surface area contributed by atoms with Gasteiger partial charge in [0.05, 0.1) is 0 Å². The number of nitrogens with zero attached hydrogens (tertiary/aromatic N) is 1. The van der Waals surface area contributed by atoms with Crippen LogP contribution < -0.4 is 0 Å². The van der Waals surface area contributed by atoms with Crippen molar-refractivity contribution in [3.8, 4) is 0 Å². The molecule has 1 rings (SSSR count). The Balaban J connectivity index is 2.22. The fourth-order valence-electron chi connectivity index (χ4n) is 1.74. The molecule has 1 heterocycles. The maximum absolute atomic E-state index is 10.6. The molecule has 1 unspecified atom stereocenters. The predicted molar refractivity (Wildman–Crippen MR) is 50.1 cm³/mol. The Morgan fingerprint density at radius 1 is 1.33 bits per heavy atom. The number of hydrogen-bond donors (Lipinski definition) is 0. The van der Waals surface area contributed by atoms with Gasteiger partial charge in [0.2, 0.25) is 0 Å². The van der Waals surface area contributed by atoms with E-state index >= 15 is 0 Å². The maximum Gasteiger partial charge on any atom is 0.124 e. The van der Waals surface area contributed by atoms with Gasteiger partial charge >= 0.3 is 0 Å². The second-order valence-corrected chi connectivity index (χ2v) is 3.67. The van der Waals surface area contributed by atoms with E-state index in [1.54, 1.807) is 0 Å². The van der Waals surface area contributed by atoms with E-state index in [4.69, 9.17) is 0 Å². The predicted octanol–water partition coefficient (Wildman–Crippen LogP) is 1.70. The van der Waals surface area contributed by atoms with Crippen LogP contribution in [0.1, 0.15) is 32.6 Å². The molecule has 0 radical (unpaired) electrons. The van der Waals surface area contributed by atoms with Gasteiger partial charge in [-0.15, -0.1) is 0 Å². The van der Waals surface area contributed by atoms with Crippen molar-refractivity contribution in [1.82, 2.24) is 4.90 Å². The monoisotopic (exact) mass is 169 g/mol. The number of aldehydes is 1. The topological polar surface area (TPSA) is 20.3 Å². The second-order valence-electron chi connectivity index (χ2n) is 3.67. The molecule has 0 amide bonds. The molecule has 1 fully saturated rings. The second kappa shape index (κ2) is 5.31. The molecule has 0 aromatic carbocycles. The Kier molecular flexibility index (Phi) is 4.30. The zero-order valence-corrected chi connectivity index (χ0v) is 7.96. The fraction of sp³-hybridized carbons (Fsp3) is 0.900. The first-order valence-corrected chi connectivity index (χ1v) is 5.04. The Labute approximate surface area is 74.9 Å². The van der Waals surface area contributed by atoms with Crippen molar-refractivity contribution in [1.29, 1.82) is 0 Å². The van der Waals surface area contributed by atoms with Gasteiger partial charge in [-0.05, 0) is 32.4 Å². The molecule has 0 aliphatic carbocycles. The lowest BCUT2D eigenvalue weighted by Gasteiger charge is -2.28. The minimum atomic E-state index is 0.267. The van der Waals surface area contributed by atoms with E-state index < -0.39 is 0 Å². The lowest BCUT2D eigenvalue weighted by Crippen LogP contribution is -2.34. The molecular weight excluding hydrogens is 150 g/mol. The van der Waals surface area contributed by atoms with E-state index in [-0.39, 0.29) is 5.92 Å². The molecule has 12 heavy (non-hydrogen) atoms. The largest absolute Gasteiger partial charge is 0.303 e. The summed E-state index contributed by atoms with van der Waals surface area (Å²) in [6.45, 7) is 5.47. The van der Waals surface area contributed by atoms with Crippen LogP contribution >= 0.6 is 0 Å². The summed E-state index contributed by atoms with van der Waals surface area (Å²) < 4.78 is 0. The number of carbonyl (C=O) groups is 1. The van der Waals surface area contributed by atoms with Gasteiger partial charge < -0.3 is 9.69 Å². The molecule has 0 saturated carbocycles. The lowest BCUT2D eigenvalue weighted by atomic mass is 10.1. The molecular formula is C10H19NO. The Morgan fingerprint density at radius 3 is 2.50 bits per heavy atom. The van der Waals surface area contributed by atoms with E-state index in [2.05, 4.69) is 11.8 Å². The summed E-state index contributed by atoms with van der Waals surface area (Å²) in [4.78, 5) is 13.0. The van der Waals surface area contributed by atoms with Gasteiger partial charge in [0, 0.05) is 12.5 Å². The van der Waals surface area contributed by atoms with Crippen LogP contribution in [-0.2, 0) is 4.79 Å². The summed E-state index contributed by atoms with van der Waals surface area (Å²) in [5.41, 5.74) is 0. The molecule has 1 saturated heterocycles. The van der Waals surface area contributed by atoms with Crippen molar-refractivity contribution in [2.24, 2.45) is 5.92 Å². The maximum atomic E-state index is 10.6. The fourth-order valence-corrected chi connectivity index (χ4v) is 1.74. The zero-order chi connectivity index (χ0) is 8.81. The summed E-state index contributed by atoms with van der Waals surface area (Å²) in [6.07, 6.45) is 6.09. The lowest BCUT2D eigenvalue weighted by molar-refractivity contribution is -0.111. The molecule has 70 valence electrons. The van der Waals surface area contributed by atoms with Gasteiger partial charge in [-0.1, -0.05) is 13.3 Å². The summed E-state index contributed by atoms with van der Waals surface area (Å²) in [5, 5.41) is 0. The van der Waals surface area contributed by atoms with Crippen LogP contribution in [0.4, 0.5) is 0 Å². The van der Waals surface area contributed by atoms with Crippen molar-refractivity contribution in [3.63, 3.8) is 0 Å². The highest BCUT2D eigenvalue weighted by Crippen LogP contribution is 2.11. The molecule has 1 aliphatic heterocycles. The van der Waals surface area contributed by atoms with Gasteiger partial charge in [0.1, 0.15) is 6.29 Å². The number of rotatable bonds is 4. The van der Waals surface area contributed by atoms with Crippen molar-refractivity contribution in [2.75, 3.05) is 19.6 Å². The van der Waals surface area contributed by atoms with Crippen molar-refractivity contribution in [3.05, 3.63) is 0 Å². The summed E-state index contributed by atoms with van der Waals surface area (Å²) in [6, 6.07) is 0. The highest BCUT2D eigenvalue weighted by Gasteiger charge is 2.13. The average molecular weight is 169 g/mol. The molecule has 0 N–H and O–H groups in total. The zero-order valence-electron chi connectivity index (χ0n) is 7.96. The van der Waals surface area contributed by atoms with Gasteiger partial charge in [0.25, 0.3) is 0 Å². The smallest absolute Gasteiger partial charge is 0.124 e. The molecule has 0 bridgehead atoms. The van der Waals surface area contributed by atoms with Crippen molar-refractivity contribution >= 4 is 6.29 Å². The quantitative estimate of drug-likeness (QED) is 0.597. The molecule has 2 heteroatoms. The number of hydrogen-bond acceptors (Lipinski definition) is 2. The Hall–Kier alpha value is -0.370. The van der Waals surface area contributed by atoms with Gasteiger partial charge in [-0.25, -0.2) is 0 Å². The molecule has 1 atom stereocenters. The minimum Gasteiger partial charge on any atom is -0.303 e. The van der Waals surface area contributed by atoms with Crippen LogP contribution in [-0.4, -0.2) is 30.8 Å². The molecule has 0 aromatic rings. The SMILES string of the molecule is CCC(C=O)CN1CCCCC1. The van der Waals surface area contributed by atoms with Crippen LogP contribution in [0, 0.1) is 5.92 Å².